The topological polar surface area (TPSA) is 71.3 Å². The highest BCUT2D eigenvalue weighted by Gasteiger charge is 2.30. The molecular weight excluding hydrogens is 350 g/mol. The Bertz CT molecular complexity index is 934. The number of hydrogen-bond donors (Lipinski definition) is 2. The predicted molar refractivity (Wildman–Crippen MR) is 90.5 cm³/mol. The Morgan fingerprint density at radius 2 is 2.08 bits per heavy atom. The molecule has 4 rings (SSSR count). The largest absolute Gasteiger partial charge is 0.477 e. The van der Waals surface area contributed by atoms with Crippen molar-refractivity contribution in [3.63, 3.8) is 0 Å². The van der Waals surface area contributed by atoms with Gasteiger partial charge in [-0.25, -0.2) is 13.6 Å². The number of halogens is 2. The summed E-state index contributed by atoms with van der Waals surface area (Å²) in [6.45, 7) is 1.48. The van der Waals surface area contributed by atoms with Crippen LogP contribution in [0.4, 0.5) is 8.78 Å². The van der Waals surface area contributed by atoms with Gasteiger partial charge in [0.15, 0.2) is 5.82 Å². The number of hydrogen-bond acceptors (Lipinski definition) is 4. The molecule has 2 fully saturated rings. The molecule has 1 atom stereocenters. The number of carboxylic acids is 1. The molecule has 25 heavy (non-hydrogen) atoms. The third-order valence-electron chi connectivity index (χ3n) is 4.64. The van der Waals surface area contributed by atoms with E-state index in [2.05, 4.69) is 5.32 Å². The first-order valence-electron chi connectivity index (χ1n) is 8.15. The Kier molecular flexibility index (Phi) is 4.04. The molecule has 1 aliphatic heterocycles. The summed E-state index contributed by atoms with van der Waals surface area (Å²) >= 11 is 1.13. The molecule has 0 bridgehead atoms. The second kappa shape index (κ2) is 6.10. The van der Waals surface area contributed by atoms with Crippen molar-refractivity contribution in [3.8, 4) is 0 Å². The zero-order chi connectivity index (χ0) is 17.7. The van der Waals surface area contributed by atoms with E-state index in [0.29, 0.717) is 6.54 Å². The number of carboxylic acid groups (broad SMARTS) is 1. The van der Waals surface area contributed by atoms with Gasteiger partial charge in [-0.05, 0) is 31.9 Å². The van der Waals surface area contributed by atoms with Crippen LogP contribution in [0.1, 0.15) is 35.7 Å². The van der Waals surface area contributed by atoms with Crippen LogP contribution in [0.5, 0.6) is 0 Å². The molecular formula is C17H16F2N2O3S. The van der Waals surface area contributed by atoms with Gasteiger partial charge in [0, 0.05) is 24.0 Å². The Hall–Kier alpha value is -1.93. The minimum Gasteiger partial charge on any atom is -0.477 e. The van der Waals surface area contributed by atoms with Gasteiger partial charge >= 0.3 is 5.97 Å². The van der Waals surface area contributed by atoms with Crippen LogP contribution in [0.25, 0.3) is 10.9 Å². The third-order valence-corrected chi connectivity index (χ3v) is 5.98. The Balaban J connectivity index is 1.95. The molecule has 1 saturated carbocycles. The van der Waals surface area contributed by atoms with E-state index in [-0.39, 0.29) is 27.1 Å². The molecule has 1 aromatic carbocycles. The van der Waals surface area contributed by atoms with Crippen LogP contribution in [0.15, 0.2) is 22.0 Å². The average Bonchev–Trinajstić information content (AvgIpc) is 3.28. The minimum atomic E-state index is -1.39. The van der Waals surface area contributed by atoms with Crippen LogP contribution < -0.4 is 10.7 Å². The fourth-order valence-corrected chi connectivity index (χ4v) is 4.36. The molecule has 0 amide bonds. The number of benzene rings is 1. The van der Waals surface area contributed by atoms with E-state index in [9.17, 15) is 19.1 Å². The SMILES string of the molecule is O=C(O)c1cn(C2CC2)c2c(F)c(SC3CCNC3)c(F)cc2c1=O. The van der Waals surface area contributed by atoms with Gasteiger partial charge in [-0.15, -0.1) is 11.8 Å². The number of aromatic nitrogens is 1. The van der Waals surface area contributed by atoms with Crippen LogP contribution in [0.3, 0.4) is 0 Å². The number of carbonyl (C=O) groups is 1. The summed E-state index contributed by atoms with van der Waals surface area (Å²) in [6.07, 6.45) is 3.57. The van der Waals surface area contributed by atoms with Crippen molar-refractivity contribution in [3.05, 3.63) is 39.7 Å². The lowest BCUT2D eigenvalue weighted by molar-refractivity contribution is 0.0694. The van der Waals surface area contributed by atoms with Gasteiger partial charge in [0.1, 0.15) is 11.4 Å². The Morgan fingerprint density at radius 3 is 2.68 bits per heavy atom. The normalized spacial score (nSPS) is 20.3. The fraction of sp³-hybridized carbons (Fsp3) is 0.412. The van der Waals surface area contributed by atoms with Gasteiger partial charge in [0.2, 0.25) is 5.43 Å². The smallest absolute Gasteiger partial charge is 0.341 e. The van der Waals surface area contributed by atoms with Crippen molar-refractivity contribution in [1.29, 1.82) is 0 Å². The summed E-state index contributed by atoms with van der Waals surface area (Å²) in [4.78, 5) is 23.6. The quantitative estimate of drug-likeness (QED) is 0.871. The van der Waals surface area contributed by atoms with Crippen molar-refractivity contribution in [2.24, 2.45) is 0 Å². The maximum Gasteiger partial charge on any atom is 0.341 e. The van der Waals surface area contributed by atoms with Crippen LogP contribution in [0, 0.1) is 11.6 Å². The van der Waals surface area contributed by atoms with Crippen molar-refractivity contribution in [2.45, 2.75) is 35.4 Å². The van der Waals surface area contributed by atoms with E-state index in [0.717, 1.165) is 43.6 Å². The second-order valence-electron chi connectivity index (χ2n) is 6.45. The van der Waals surface area contributed by atoms with Crippen molar-refractivity contribution < 1.29 is 18.7 Å². The molecule has 132 valence electrons. The van der Waals surface area contributed by atoms with Crippen molar-refractivity contribution in [2.75, 3.05) is 13.1 Å². The molecule has 1 aliphatic carbocycles. The molecule has 0 radical (unpaired) electrons. The molecule has 1 saturated heterocycles. The van der Waals surface area contributed by atoms with E-state index in [1.54, 1.807) is 0 Å². The van der Waals surface area contributed by atoms with Gasteiger partial charge < -0.3 is 15.0 Å². The van der Waals surface area contributed by atoms with Gasteiger partial charge in [-0.3, -0.25) is 4.79 Å². The highest BCUT2D eigenvalue weighted by atomic mass is 32.2. The predicted octanol–water partition coefficient (Wildman–Crippen LogP) is 2.77. The monoisotopic (exact) mass is 366 g/mol. The molecule has 2 aliphatic rings. The standard InChI is InChI=1S/C17H16F2N2O3S/c18-12-5-10-14(13(19)16(12)25-9-3-4-20-6-9)21(8-1-2-8)7-11(15(10)22)17(23)24/h5,7-9,20H,1-4,6H2,(H,23,24). The number of aromatic carboxylic acids is 1. The first-order valence-corrected chi connectivity index (χ1v) is 9.03. The maximum atomic E-state index is 15.2. The molecule has 5 nitrogen and oxygen atoms in total. The zero-order valence-corrected chi connectivity index (χ0v) is 14.0. The van der Waals surface area contributed by atoms with Crippen LogP contribution in [-0.4, -0.2) is 34.0 Å². The minimum absolute atomic E-state index is 0.00681. The third kappa shape index (κ3) is 2.83. The summed E-state index contributed by atoms with van der Waals surface area (Å²) in [5, 5.41) is 12.2. The molecule has 1 unspecified atom stereocenters. The van der Waals surface area contributed by atoms with Crippen molar-refractivity contribution in [1.82, 2.24) is 9.88 Å². The van der Waals surface area contributed by atoms with Gasteiger partial charge in [-0.2, -0.15) is 0 Å². The summed E-state index contributed by atoms with van der Waals surface area (Å²) in [7, 11) is 0. The molecule has 1 aromatic heterocycles. The van der Waals surface area contributed by atoms with E-state index in [4.69, 9.17) is 0 Å². The summed E-state index contributed by atoms with van der Waals surface area (Å²) in [5.74, 6) is -2.98. The number of thioether (sulfide) groups is 1. The fourth-order valence-electron chi connectivity index (χ4n) is 3.22. The molecule has 2 N–H and O–H groups in total. The number of nitrogens with one attached hydrogen (secondary N) is 1. The van der Waals surface area contributed by atoms with E-state index >= 15 is 4.39 Å². The van der Waals surface area contributed by atoms with Gasteiger partial charge in [0.05, 0.1) is 15.8 Å². The highest BCUT2D eigenvalue weighted by Crippen LogP contribution is 2.40. The zero-order valence-electron chi connectivity index (χ0n) is 13.2. The van der Waals surface area contributed by atoms with Crippen LogP contribution in [-0.2, 0) is 0 Å². The van der Waals surface area contributed by atoms with Crippen molar-refractivity contribution >= 4 is 28.6 Å². The molecule has 2 heterocycles. The number of nitrogens with zero attached hydrogens (tertiary/aromatic N) is 1. The second-order valence-corrected chi connectivity index (χ2v) is 7.76. The summed E-state index contributed by atoms with van der Waals surface area (Å²) in [5.41, 5.74) is -1.30. The summed E-state index contributed by atoms with van der Waals surface area (Å²) < 4.78 is 31.2. The first kappa shape index (κ1) is 16.5. The Morgan fingerprint density at radius 1 is 1.32 bits per heavy atom. The maximum absolute atomic E-state index is 15.2. The Labute approximate surface area is 146 Å². The van der Waals surface area contributed by atoms with E-state index in [1.165, 1.54) is 10.8 Å². The molecule has 2 aromatic rings. The molecule has 0 spiro atoms. The van der Waals surface area contributed by atoms with E-state index < -0.39 is 28.6 Å². The van der Waals surface area contributed by atoms with Crippen LogP contribution >= 0.6 is 11.8 Å². The first-order chi connectivity index (χ1) is 12.0. The van der Waals surface area contributed by atoms with E-state index in [1.807, 2.05) is 0 Å². The summed E-state index contributed by atoms with van der Waals surface area (Å²) in [6, 6.07) is 0.934. The lowest BCUT2D eigenvalue weighted by atomic mass is 10.1. The van der Waals surface area contributed by atoms with Crippen LogP contribution in [0.2, 0.25) is 0 Å². The highest BCUT2D eigenvalue weighted by molar-refractivity contribution is 8.00. The lowest BCUT2D eigenvalue weighted by Crippen LogP contribution is -2.20. The van der Waals surface area contributed by atoms with Gasteiger partial charge in [0.25, 0.3) is 0 Å². The number of rotatable bonds is 4. The number of pyridine rings is 1. The average molecular weight is 366 g/mol. The van der Waals surface area contributed by atoms with Gasteiger partial charge in [-0.1, -0.05) is 0 Å². The number of fused-ring (bicyclic) bond motifs is 1. The molecule has 8 heteroatoms. The lowest BCUT2D eigenvalue weighted by Gasteiger charge is -2.16.